The lowest BCUT2D eigenvalue weighted by molar-refractivity contribution is 0.0971. The molecule has 0 radical (unpaired) electrons. The van der Waals surface area contributed by atoms with Gasteiger partial charge in [0, 0.05) is 5.69 Å². The van der Waals surface area contributed by atoms with E-state index in [2.05, 4.69) is 0 Å². The lowest BCUT2D eigenvalue weighted by Crippen LogP contribution is -2.29. The van der Waals surface area contributed by atoms with E-state index < -0.39 is 6.04 Å². The van der Waals surface area contributed by atoms with Crippen molar-refractivity contribution in [3.8, 4) is 5.75 Å². The van der Waals surface area contributed by atoms with E-state index in [4.69, 9.17) is 9.15 Å². The van der Waals surface area contributed by atoms with Crippen LogP contribution in [0.2, 0.25) is 0 Å². The molecule has 5 nitrogen and oxygen atoms in total. The first kappa shape index (κ1) is 18.2. The lowest BCUT2D eigenvalue weighted by atomic mass is 9.98. The van der Waals surface area contributed by atoms with Crippen LogP contribution < -0.4 is 15.1 Å². The number of rotatable bonds is 4. The molecule has 1 aliphatic heterocycles. The summed E-state index contributed by atoms with van der Waals surface area (Å²) < 4.78 is 11.6. The highest BCUT2D eigenvalue weighted by molar-refractivity contribution is 6.10. The van der Waals surface area contributed by atoms with E-state index in [1.807, 2.05) is 61.5 Å². The van der Waals surface area contributed by atoms with Crippen LogP contribution >= 0.6 is 0 Å². The molecule has 0 aliphatic carbocycles. The third-order valence-electron chi connectivity index (χ3n) is 5.30. The van der Waals surface area contributed by atoms with E-state index in [-0.39, 0.29) is 17.1 Å². The van der Waals surface area contributed by atoms with Gasteiger partial charge in [0.05, 0.1) is 23.6 Å². The molecule has 0 N–H and O–H groups in total. The van der Waals surface area contributed by atoms with Crippen LogP contribution in [0.4, 0.5) is 5.69 Å². The van der Waals surface area contributed by atoms with Gasteiger partial charge in [-0.3, -0.25) is 14.5 Å². The van der Waals surface area contributed by atoms with Gasteiger partial charge in [-0.2, -0.15) is 0 Å². The van der Waals surface area contributed by atoms with Crippen LogP contribution in [0, 0.1) is 0 Å². The van der Waals surface area contributed by atoms with Gasteiger partial charge in [0.15, 0.2) is 5.43 Å². The highest BCUT2D eigenvalue weighted by atomic mass is 16.5. The highest BCUT2D eigenvalue weighted by Crippen LogP contribution is 2.41. The molecule has 4 aromatic rings. The predicted molar refractivity (Wildman–Crippen MR) is 115 cm³/mol. The van der Waals surface area contributed by atoms with Gasteiger partial charge in [-0.25, -0.2) is 0 Å². The Morgan fingerprint density at radius 1 is 0.933 bits per heavy atom. The van der Waals surface area contributed by atoms with Gasteiger partial charge in [-0.15, -0.1) is 0 Å². The molecule has 1 atom stereocenters. The van der Waals surface area contributed by atoms with E-state index in [0.717, 1.165) is 5.56 Å². The number of carbonyl (C=O) groups excluding carboxylic acids is 1. The number of nitrogens with zero attached hydrogens (tertiary/aromatic N) is 1. The van der Waals surface area contributed by atoms with E-state index in [0.29, 0.717) is 34.6 Å². The number of fused-ring (bicyclic) bond motifs is 2. The molecule has 30 heavy (non-hydrogen) atoms. The predicted octanol–water partition coefficient (Wildman–Crippen LogP) is 4.94. The van der Waals surface area contributed by atoms with E-state index in [1.54, 1.807) is 29.2 Å². The molecule has 1 unspecified atom stereocenters. The first-order valence-electron chi connectivity index (χ1n) is 9.86. The zero-order chi connectivity index (χ0) is 20.7. The van der Waals surface area contributed by atoms with Crippen molar-refractivity contribution in [3.63, 3.8) is 0 Å². The summed E-state index contributed by atoms with van der Waals surface area (Å²) in [7, 11) is 0. The van der Waals surface area contributed by atoms with Crippen molar-refractivity contribution >= 4 is 22.6 Å². The number of ether oxygens (including phenoxy) is 1. The molecular formula is C25H19NO4. The number of anilines is 1. The summed E-state index contributed by atoms with van der Waals surface area (Å²) >= 11 is 0. The Bertz CT molecular complexity index is 1310. The summed E-state index contributed by atoms with van der Waals surface area (Å²) in [5.74, 6) is 0.453. The van der Waals surface area contributed by atoms with Crippen molar-refractivity contribution in [2.75, 3.05) is 11.5 Å². The normalized spacial score (nSPS) is 15.4. The summed E-state index contributed by atoms with van der Waals surface area (Å²) in [4.78, 5) is 28.5. The molecule has 0 spiro atoms. The Morgan fingerprint density at radius 3 is 2.50 bits per heavy atom. The summed E-state index contributed by atoms with van der Waals surface area (Å²) in [6.45, 7) is 2.44. The third-order valence-corrected chi connectivity index (χ3v) is 5.30. The fourth-order valence-electron chi connectivity index (χ4n) is 4.03. The second-order valence-electron chi connectivity index (χ2n) is 7.09. The molecule has 148 valence electrons. The van der Waals surface area contributed by atoms with Crippen molar-refractivity contribution in [2.45, 2.75) is 13.0 Å². The molecule has 3 aromatic carbocycles. The second-order valence-corrected chi connectivity index (χ2v) is 7.09. The molecule has 0 fully saturated rings. The summed E-state index contributed by atoms with van der Waals surface area (Å²) in [6.07, 6.45) is 0. The number of carbonyl (C=O) groups is 1. The minimum atomic E-state index is -0.601. The Balaban J connectivity index is 1.79. The lowest BCUT2D eigenvalue weighted by Gasteiger charge is -2.25. The summed E-state index contributed by atoms with van der Waals surface area (Å²) in [6, 6.07) is 23.3. The third kappa shape index (κ3) is 2.78. The molecule has 2 heterocycles. The van der Waals surface area contributed by atoms with Crippen molar-refractivity contribution in [2.24, 2.45) is 0 Å². The van der Waals surface area contributed by atoms with Gasteiger partial charge >= 0.3 is 0 Å². The fraction of sp³-hybridized carbons (Fsp3) is 0.120. The van der Waals surface area contributed by atoms with Crippen molar-refractivity contribution < 1.29 is 13.9 Å². The zero-order valence-electron chi connectivity index (χ0n) is 16.4. The molecule has 0 saturated heterocycles. The Hall–Kier alpha value is -3.86. The number of amides is 1. The van der Waals surface area contributed by atoms with Gasteiger partial charge in [0.1, 0.15) is 11.3 Å². The van der Waals surface area contributed by atoms with Crippen LogP contribution in [-0.2, 0) is 0 Å². The van der Waals surface area contributed by atoms with E-state index in [1.165, 1.54) is 0 Å². The van der Waals surface area contributed by atoms with Gasteiger partial charge in [-0.05, 0) is 48.9 Å². The minimum Gasteiger partial charge on any atom is -0.494 e. The molecule has 1 amide bonds. The Kier molecular flexibility index (Phi) is 4.36. The first-order chi connectivity index (χ1) is 14.7. The van der Waals surface area contributed by atoms with Crippen LogP contribution in [0.15, 0.2) is 88.1 Å². The van der Waals surface area contributed by atoms with E-state index >= 15 is 0 Å². The quantitative estimate of drug-likeness (QED) is 0.489. The standard InChI is InChI=1S/C25H19NO4/c1-2-29-18-12-8-9-16(15-18)22-21-23(27)19-13-6-7-14-20(19)30-24(21)25(28)26(22)17-10-4-3-5-11-17/h3-15,22H,2H2,1H3. The highest BCUT2D eigenvalue weighted by Gasteiger charge is 2.43. The smallest absolute Gasteiger partial charge is 0.295 e. The van der Waals surface area contributed by atoms with Crippen LogP contribution in [-0.4, -0.2) is 12.5 Å². The SMILES string of the molecule is CCOc1cccc(C2c3c(oc4ccccc4c3=O)C(=O)N2c2ccccc2)c1. The number of hydrogen-bond acceptors (Lipinski definition) is 4. The number of hydrogen-bond donors (Lipinski definition) is 0. The van der Waals surface area contributed by atoms with Gasteiger partial charge in [-0.1, -0.05) is 42.5 Å². The Labute approximate surface area is 173 Å². The maximum absolute atomic E-state index is 13.5. The van der Waals surface area contributed by atoms with Crippen LogP contribution in [0.3, 0.4) is 0 Å². The van der Waals surface area contributed by atoms with Crippen LogP contribution in [0.1, 0.15) is 34.6 Å². The van der Waals surface area contributed by atoms with Gasteiger partial charge in [0.25, 0.3) is 5.91 Å². The Morgan fingerprint density at radius 2 is 1.70 bits per heavy atom. The average molecular weight is 397 g/mol. The average Bonchev–Trinajstić information content (AvgIpc) is 3.08. The van der Waals surface area contributed by atoms with Gasteiger partial charge < -0.3 is 9.15 Å². The van der Waals surface area contributed by atoms with E-state index in [9.17, 15) is 9.59 Å². The molecule has 0 saturated carbocycles. The molecular weight excluding hydrogens is 378 g/mol. The maximum atomic E-state index is 13.5. The largest absolute Gasteiger partial charge is 0.494 e. The van der Waals surface area contributed by atoms with Crippen molar-refractivity contribution in [1.29, 1.82) is 0 Å². The monoisotopic (exact) mass is 397 g/mol. The molecule has 5 rings (SSSR count). The summed E-state index contributed by atoms with van der Waals surface area (Å²) in [5.41, 5.74) is 2.07. The van der Waals surface area contributed by atoms with Crippen molar-refractivity contribution in [3.05, 3.63) is 106 Å². The molecule has 1 aromatic heterocycles. The van der Waals surface area contributed by atoms with Crippen molar-refractivity contribution in [1.82, 2.24) is 0 Å². The molecule has 1 aliphatic rings. The minimum absolute atomic E-state index is 0.0920. The number of para-hydroxylation sites is 2. The molecule has 5 heteroatoms. The fourth-order valence-corrected chi connectivity index (χ4v) is 4.03. The van der Waals surface area contributed by atoms with Crippen LogP contribution in [0.25, 0.3) is 11.0 Å². The zero-order valence-corrected chi connectivity index (χ0v) is 16.4. The number of benzene rings is 3. The summed E-state index contributed by atoms with van der Waals surface area (Å²) in [5, 5.41) is 0.463. The first-order valence-corrected chi connectivity index (χ1v) is 9.86. The van der Waals surface area contributed by atoms with Crippen LogP contribution in [0.5, 0.6) is 5.75 Å². The second kappa shape index (κ2) is 7.19. The maximum Gasteiger partial charge on any atom is 0.295 e. The topological polar surface area (TPSA) is 59.8 Å². The van der Waals surface area contributed by atoms with Gasteiger partial charge in [0.2, 0.25) is 5.76 Å². The molecule has 0 bridgehead atoms.